The number of ether oxygens (including phenoxy) is 1. The highest BCUT2D eigenvalue weighted by Gasteiger charge is 2.24. The van der Waals surface area contributed by atoms with Gasteiger partial charge in [-0.05, 0) is 18.7 Å². The molecule has 1 fully saturated rings. The Morgan fingerprint density at radius 3 is 2.80 bits per heavy atom. The van der Waals surface area contributed by atoms with Crippen molar-refractivity contribution in [1.82, 2.24) is 24.2 Å². The fourth-order valence-electron chi connectivity index (χ4n) is 3.56. The maximum Gasteiger partial charge on any atom is 0.215 e. The van der Waals surface area contributed by atoms with Crippen molar-refractivity contribution in [2.75, 3.05) is 57.5 Å². The lowest BCUT2D eigenvalue weighted by molar-refractivity contribution is 0.0731. The van der Waals surface area contributed by atoms with E-state index in [1.807, 2.05) is 13.2 Å². The van der Waals surface area contributed by atoms with E-state index in [1.54, 1.807) is 12.3 Å². The van der Waals surface area contributed by atoms with Gasteiger partial charge in [0.25, 0.3) is 0 Å². The standard InChI is InChI=1S/C19H25ClN6O3S/c1-25-5-2-14(3-6-25)18-23-16-13-22-17(20)12-15(16)19(24-18)21-4-11-30(27,28)26-7-9-29-10-8-26/h2,5,12-14H,3-4,6-11H2,1H3,(H,21,23,24). The van der Waals surface area contributed by atoms with Gasteiger partial charge < -0.3 is 15.0 Å². The zero-order chi connectivity index (χ0) is 21.1. The summed E-state index contributed by atoms with van der Waals surface area (Å²) in [6.07, 6.45) is 6.64. The van der Waals surface area contributed by atoms with E-state index in [0.29, 0.717) is 48.6 Å². The van der Waals surface area contributed by atoms with Gasteiger partial charge in [-0.3, -0.25) is 0 Å². The molecule has 0 saturated carbocycles. The molecule has 11 heteroatoms. The first-order chi connectivity index (χ1) is 14.4. The normalized spacial score (nSPS) is 20.6. The molecule has 2 aromatic heterocycles. The van der Waals surface area contributed by atoms with Crippen LogP contribution in [0, 0.1) is 0 Å². The van der Waals surface area contributed by atoms with E-state index in [4.69, 9.17) is 21.3 Å². The second-order valence-corrected chi connectivity index (χ2v) is 9.90. The average Bonchev–Trinajstić information content (AvgIpc) is 2.75. The van der Waals surface area contributed by atoms with Crippen LogP contribution in [0.25, 0.3) is 10.9 Å². The molecule has 0 bridgehead atoms. The summed E-state index contributed by atoms with van der Waals surface area (Å²) in [4.78, 5) is 15.6. The highest BCUT2D eigenvalue weighted by Crippen LogP contribution is 2.28. The third kappa shape index (κ3) is 4.83. The number of hydrogen-bond donors (Lipinski definition) is 1. The monoisotopic (exact) mass is 452 g/mol. The number of halogens is 1. The number of anilines is 1. The molecule has 2 aliphatic rings. The Bertz CT molecular complexity index is 1040. The minimum Gasteiger partial charge on any atom is -0.381 e. The zero-order valence-electron chi connectivity index (χ0n) is 16.8. The SMILES string of the molecule is CN1C=CC(c2nc(NCCS(=O)(=O)N3CCOCC3)c3cc(Cl)ncc3n2)CC1. The number of sulfonamides is 1. The quantitative estimate of drug-likeness (QED) is 0.661. The van der Waals surface area contributed by atoms with E-state index < -0.39 is 10.0 Å². The molecule has 1 N–H and O–H groups in total. The van der Waals surface area contributed by atoms with Crippen LogP contribution in [-0.4, -0.2) is 84.8 Å². The van der Waals surface area contributed by atoms with Crippen LogP contribution in [0.3, 0.4) is 0 Å². The molecule has 0 radical (unpaired) electrons. The molecule has 0 amide bonds. The van der Waals surface area contributed by atoms with Gasteiger partial charge in [0.05, 0.1) is 30.7 Å². The Balaban J connectivity index is 1.55. The third-order valence-electron chi connectivity index (χ3n) is 5.28. The van der Waals surface area contributed by atoms with E-state index in [9.17, 15) is 8.42 Å². The molecule has 1 atom stereocenters. The molecule has 0 aromatic carbocycles. The summed E-state index contributed by atoms with van der Waals surface area (Å²) >= 11 is 6.08. The predicted octanol–water partition coefficient (Wildman–Crippen LogP) is 1.68. The summed E-state index contributed by atoms with van der Waals surface area (Å²) in [5.41, 5.74) is 0.676. The van der Waals surface area contributed by atoms with Crippen molar-refractivity contribution in [3.63, 3.8) is 0 Å². The van der Waals surface area contributed by atoms with Gasteiger partial charge >= 0.3 is 0 Å². The molecule has 1 unspecified atom stereocenters. The number of nitrogens with zero attached hydrogens (tertiary/aromatic N) is 5. The molecule has 30 heavy (non-hydrogen) atoms. The van der Waals surface area contributed by atoms with Crippen molar-refractivity contribution < 1.29 is 13.2 Å². The molecule has 0 aliphatic carbocycles. The number of pyridine rings is 1. The first-order valence-corrected chi connectivity index (χ1v) is 11.9. The number of fused-ring (bicyclic) bond motifs is 1. The van der Waals surface area contributed by atoms with Gasteiger partial charge in [0, 0.05) is 44.5 Å². The second kappa shape index (κ2) is 9.01. The number of hydrogen-bond acceptors (Lipinski definition) is 8. The highest BCUT2D eigenvalue weighted by atomic mass is 35.5. The van der Waals surface area contributed by atoms with Gasteiger partial charge in [-0.2, -0.15) is 4.31 Å². The molecule has 2 aliphatic heterocycles. The third-order valence-corrected chi connectivity index (χ3v) is 7.36. The smallest absolute Gasteiger partial charge is 0.215 e. The van der Waals surface area contributed by atoms with Crippen LogP contribution in [0.4, 0.5) is 5.82 Å². The van der Waals surface area contributed by atoms with Crippen LogP contribution in [0.2, 0.25) is 5.15 Å². The topological polar surface area (TPSA) is 101 Å². The van der Waals surface area contributed by atoms with Crippen LogP contribution in [0.5, 0.6) is 0 Å². The first kappa shape index (κ1) is 21.2. The molecule has 4 heterocycles. The van der Waals surface area contributed by atoms with E-state index in [1.165, 1.54) is 4.31 Å². The number of morpholine rings is 1. The van der Waals surface area contributed by atoms with Crippen molar-refractivity contribution >= 4 is 38.3 Å². The Morgan fingerprint density at radius 2 is 2.07 bits per heavy atom. The maximum atomic E-state index is 12.6. The van der Waals surface area contributed by atoms with Gasteiger partial charge in [-0.1, -0.05) is 17.7 Å². The fourth-order valence-corrected chi connectivity index (χ4v) is 5.04. The number of aromatic nitrogens is 3. The Labute approximate surface area is 181 Å². The van der Waals surface area contributed by atoms with Gasteiger partial charge in [-0.15, -0.1) is 0 Å². The zero-order valence-corrected chi connectivity index (χ0v) is 18.4. The van der Waals surface area contributed by atoms with Crippen molar-refractivity contribution in [1.29, 1.82) is 0 Å². The summed E-state index contributed by atoms with van der Waals surface area (Å²) in [7, 11) is -1.33. The number of rotatable bonds is 6. The minimum atomic E-state index is -3.36. The Morgan fingerprint density at radius 1 is 1.27 bits per heavy atom. The number of allylic oxidation sites excluding steroid dienone is 1. The average molecular weight is 453 g/mol. The summed E-state index contributed by atoms with van der Waals surface area (Å²) in [5, 5.41) is 4.25. The van der Waals surface area contributed by atoms with E-state index in [2.05, 4.69) is 26.3 Å². The fraction of sp³-hybridized carbons (Fsp3) is 0.526. The van der Waals surface area contributed by atoms with Crippen molar-refractivity contribution in [2.45, 2.75) is 12.3 Å². The van der Waals surface area contributed by atoms with Crippen LogP contribution >= 0.6 is 11.6 Å². The largest absolute Gasteiger partial charge is 0.381 e. The minimum absolute atomic E-state index is 0.0270. The summed E-state index contributed by atoms with van der Waals surface area (Å²) in [6.45, 7) is 2.81. The molecule has 0 spiro atoms. The van der Waals surface area contributed by atoms with Gasteiger partial charge in [0.2, 0.25) is 10.0 Å². The molecule has 4 rings (SSSR count). The maximum absolute atomic E-state index is 12.6. The molecular formula is C19H25ClN6O3S. The summed E-state index contributed by atoms with van der Waals surface area (Å²) < 4.78 is 31.9. The van der Waals surface area contributed by atoms with E-state index in [-0.39, 0.29) is 18.2 Å². The lowest BCUT2D eigenvalue weighted by Gasteiger charge is -2.26. The lowest BCUT2D eigenvalue weighted by Crippen LogP contribution is -2.42. The van der Waals surface area contributed by atoms with Gasteiger partial charge in [0.1, 0.15) is 16.8 Å². The van der Waals surface area contributed by atoms with Crippen molar-refractivity contribution in [3.05, 3.63) is 35.5 Å². The highest BCUT2D eigenvalue weighted by molar-refractivity contribution is 7.89. The number of nitrogens with one attached hydrogen (secondary N) is 1. The van der Waals surface area contributed by atoms with E-state index in [0.717, 1.165) is 18.4 Å². The van der Waals surface area contributed by atoms with E-state index >= 15 is 0 Å². The molecule has 1 saturated heterocycles. The van der Waals surface area contributed by atoms with Crippen molar-refractivity contribution in [3.8, 4) is 0 Å². The predicted molar refractivity (Wildman–Crippen MR) is 116 cm³/mol. The van der Waals surface area contributed by atoms with Crippen LogP contribution in [0.1, 0.15) is 18.2 Å². The van der Waals surface area contributed by atoms with Crippen LogP contribution in [-0.2, 0) is 14.8 Å². The summed E-state index contributed by atoms with van der Waals surface area (Å²) in [6, 6.07) is 1.70. The second-order valence-electron chi connectivity index (χ2n) is 7.43. The lowest BCUT2D eigenvalue weighted by atomic mass is 10.0. The molecule has 2 aromatic rings. The van der Waals surface area contributed by atoms with Crippen LogP contribution in [0.15, 0.2) is 24.5 Å². The van der Waals surface area contributed by atoms with Gasteiger partial charge in [-0.25, -0.2) is 23.4 Å². The molecule has 9 nitrogen and oxygen atoms in total. The van der Waals surface area contributed by atoms with Crippen LogP contribution < -0.4 is 5.32 Å². The molecule has 162 valence electrons. The summed E-state index contributed by atoms with van der Waals surface area (Å²) in [5.74, 6) is 1.33. The van der Waals surface area contributed by atoms with Crippen molar-refractivity contribution in [2.24, 2.45) is 0 Å². The molecular weight excluding hydrogens is 428 g/mol. The Kier molecular flexibility index (Phi) is 6.37. The van der Waals surface area contributed by atoms with Gasteiger partial charge in [0.15, 0.2) is 0 Å². The Hall–Kier alpha value is -2.01. The first-order valence-electron chi connectivity index (χ1n) is 9.93.